The number of carbonyl (C=O) groups excluding carboxylic acids is 1. The molecule has 30 heavy (non-hydrogen) atoms. The minimum atomic E-state index is -0.364. The summed E-state index contributed by atoms with van der Waals surface area (Å²) in [6, 6.07) is 7.04. The lowest BCUT2D eigenvalue weighted by atomic mass is 10.1. The van der Waals surface area contributed by atoms with Gasteiger partial charge in [-0.3, -0.25) is 14.2 Å². The van der Waals surface area contributed by atoms with Crippen LogP contribution in [-0.4, -0.2) is 28.8 Å². The number of hydrogen-bond donors (Lipinski definition) is 1. The van der Waals surface area contributed by atoms with Gasteiger partial charge in [-0.2, -0.15) is 0 Å². The number of pyridine rings is 1. The van der Waals surface area contributed by atoms with Gasteiger partial charge in [-0.1, -0.05) is 0 Å². The number of nitrogens with one attached hydrogen (secondary N) is 1. The quantitative estimate of drug-likeness (QED) is 0.682. The Kier molecular flexibility index (Phi) is 4.78. The summed E-state index contributed by atoms with van der Waals surface area (Å²) in [6.45, 7) is 2.38. The molecule has 3 aromatic rings. The molecule has 5 rings (SSSR count). The van der Waals surface area contributed by atoms with Crippen molar-refractivity contribution in [3.05, 3.63) is 67.5 Å². The van der Waals surface area contributed by atoms with E-state index in [4.69, 9.17) is 9.47 Å². The van der Waals surface area contributed by atoms with Gasteiger partial charge in [0, 0.05) is 30.1 Å². The molecule has 2 aliphatic rings. The van der Waals surface area contributed by atoms with Crippen LogP contribution in [-0.2, 0) is 19.3 Å². The second-order valence-electron chi connectivity index (χ2n) is 7.42. The monoisotopic (exact) mass is 423 g/mol. The molecule has 154 valence electrons. The van der Waals surface area contributed by atoms with Crippen molar-refractivity contribution in [2.75, 3.05) is 13.3 Å². The van der Waals surface area contributed by atoms with Gasteiger partial charge < -0.3 is 14.8 Å². The van der Waals surface area contributed by atoms with Gasteiger partial charge in [-0.05, 0) is 49.9 Å². The van der Waals surface area contributed by atoms with E-state index in [0.29, 0.717) is 35.7 Å². The molecule has 1 amide bonds. The number of aryl methyl sites for hydroxylation is 3. The Morgan fingerprint density at radius 3 is 2.97 bits per heavy atom. The number of aromatic nitrogens is 2. The topological polar surface area (TPSA) is 82.5 Å². The zero-order valence-corrected chi connectivity index (χ0v) is 17.4. The van der Waals surface area contributed by atoms with Crippen LogP contribution in [0.4, 0.5) is 0 Å². The summed E-state index contributed by atoms with van der Waals surface area (Å²) in [4.78, 5) is 31.9. The Bertz CT molecular complexity index is 1180. The van der Waals surface area contributed by atoms with Crippen molar-refractivity contribution in [2.24, 2.45) is 0 Å². The molecule has 1 N–H and O–H groups in total. The average molecular weight is 423 g/mol. The van der Waals surface area contributed by atoms with Crippen LogP contribution in [0.5, 0.6) is 11.5 Å². The summed E-state index contributed by atoms with van der Waals surface area (Å²) in [5, 5.41) is 3.93. The number of benzene rings is 1. The normalized spacial score (nSPS) is 14.0. The predicted octanol–water partition coefficient (Wildman–Crippen LogP) is 2.79. The number of thiazole rings is 1. The fourth-order valence-electron chi connectivity index (χ4n) is 3.86. The third kappa shape index (κ3) is 3.37. The highest BCUT2D eigenvalue weighted by Gasteiger charge is 2.20. The van der Waals surface area contributed by atoms with Crippen molar-refractivity contribution in [1.29, 1.82) is 0 Å². The molecule has 0 fully saturated rings. The van der Waals surface area contributed by atoms with E-state index in [1.165, 1.54) is 21.6 Å². The lowest BCUT2D eigenvalue weighted by Crippen LogP contribution is -2.34. The standard InChI is InChI=1S/C22H21N3O4S/c1-13-8-10-25(14-5-6-16-17(11-14)29-12-28-16)22(27)20(13)21(26)23-9-7-19-24-15-3-2-4-18(15)30-19/h5-6,8,10-11H,2-4,7,9,12H2,1H3,(H,23,26). The highest BCUT2D eigenvalue weighted by molar-refractivity contribution is 7.11. The van der Waals surface area contributed by atoms with Gasteiger partial charge in [-0.15, -0.1) is 11.3 Å². The SMILES string of the molecule is Cc1ccn(-c2ccc3c(c2)OCO3)c(=O)c1C(=O)NCCc1nc2c(s1)CCC2. The molecule has 0 atom stereocenters. The Morgan fingerprint density at radius 2 is 2.10 bits per heavy atom. The molecule has 0 radical (unpaired) electrons. The number of hydrogen-bond acceptors (Lipinski definition) is 6. The lowest BCUT2D eigenvalue weighted by molar-refractivity contribution is 0.0951. The van der Waals surface area contributed by atoms with Crippen LogP contribution in [0.2, 0.25) is 0 Å². The largest absolute Gasteiger partial charge is 0.454 e. The highest BCUT2D eigenvalue weighted by atomic mass is 32.1. The second-order valence-corrected chi connectivity index (χ2v) is 8.59. The molecule has 0 unspecified atom stereocenters. The zero-order chi connectivity index (χ0) is 20.7. The van der Waals surface area contributed by atoms with Gasteiger partial charge in [0.25, 0.3) is 11.5 Å². The van der Waals surface area contributed by atoms with E-state index in [1.807, 2.05) is 0 Å². The number of amides is 1. The first-order valence-electron chi connectivity index (χ1n) is 9.98. The number of rotatable bonds is 5. The first-order valence-corrected chi connectivity index (χ1v) is 10.8. The Labute approximate surface area is 177 Å². The molecule has 1 aliphatic carbocycles. The van der Waals surface area contributed by atoms with E-state index in [2.05, 4.69) is 10.3 Å². The predicted molar refractivity (Wildman–Crippen MR) is 113 cm³/mol. The summed E-state index contributed by atoms with van der Waals surface area (Å²) in [6.07, 6.45) is 5.70. The van der Waals surface area contributed by atoms with Gasteiger partial charge in [0.2, 0.25) is 6.79 Å². The van der Waals surface area contributed by atoms with Crippen molar-refractivity contribution in [2.45, 2.75) is 32.6 Å². The molecule has 1 aliphatic heterocycles. The van der Waals surface area contributed by atoms with Crippen LogP contribution < -0.4 is 20.3 Å². The summed E-state index contributed by atoms with van der Waals surface area (Å²) >= 11 is 1.73. The van der Waals surface area contributed by atoms with E-state index in [-0.39, 0.29) is 23.8 Å². The maximum atomic E-state index is 13.1. The molecule has 0 spiro atoms. The van der Waals surface area contributed by atoms with Crippen LogP contribution >= 0.6 is 11.3 Å². The Balaban J connectivity index is 1.33. The summed E-state index contributed by atoms with van der Waals surface area (Å²) in [7, 11) is 0. The lowest BCUT2D eigenvalue weighted by Gasteiger charge is -2.11. The molecule has 2 aromatic heterocycles. The van der Waals surface area contributed by atoms with E-state index in [1.54, 1.807) is 48.7 Å². The molecular formula is C22H21N3O4S. The van der Waals surface area contributed by atoms with E-state index in [0.717, 1.165) is 17.8 Å². The average Bonchev–Trinajstić information content (AvgIpc) is 3.43. The minimum Gasteiger partial charge on any atom is -0.454 e. The number of nitrogens with zero attached hydrogens (tertiary/aromatic N) is 2. The first-order chi connectivity index (χ1) is 14.6. The number of fused-ring (bicyclic) bond motifs is 2. The van der Waals surface area contributed by atoms with Crippen molar-refractivity contribution in [1.82, 2.24) is 14.9 Å². The van der Waals surface area contributed by atoms with Crippen molar-refractivity contribution in [3.8, 4) is 17.2 Å². The zero-order valence-electron chi connectivity index (χ0n) is 16.6. The first kappa shape index (κ1) is 18.9. The molecule has 3 heterocycles. The van der Waals surface area contributed by atoms with Gasteiger partial charge in [0.15, 0.2) is 11.5 Å². The maximum Gasteiger partial charge on any atom is 0.268 e. The van der Waals surface area contributed by atoms with Crippen molar-refractivity contribution < 1.29 is 14.3 Å². The van der Waals surface area contributed by atoms with Crippen LogP contribution in [0, 0.1) is 6.92 Å². The van der Waals surface area contributed by atoms with Crippen LogP contribution in [0.1, 0.15) is 37.9 Å². The number of carbonyl (C=O) groups is 1. The fourth-order valence-corrected chi connectivity index (χ4v) is 5.02. The van der Waals surface area contributed by atoms with Crippen molar-refractivity contribution >= 4 is 17.2 Å². The van der Waals surface area contributed by atoms with Gasteiger partial charge in [0.1, 0.15) is 5.56 Å². The van der Waals surface area contributed by atoms with Gasteiger partial charge in [0.05, 0.1) is 16.4 Å². The molecule has 0 saturated carbocycles. The molecule has 0 saturated heterocycles. The van der Waals surface area contributed by atoms with Gasteiger partial charge >= 0.3 is 0 Å². The molecule has 7 nitrogen and oxygen atoms in total. The minimum absolute atomic E-state index is 0.150. The van der Waals surface area contributed by atoms with E-state index >= 15 is 0 Å². The molecular weight excluding hydrogens is 402 g/mol. The second kappa shape index (κ2) is 7.60. The highest BCUT2D eigenvalue weighted by Crippen LogP contribution is 2.33. The molecule has 8 heteroatoms. The summed E-state index contributed by atoms with van der Waals surface area (Å²) < 4.78 is 12.2. The van der Waals surface area contributed by atoms with Gasteiger partial charge in [-0.25, -0.2) is 4.98 Å². The number of ether oxygens (including phenoxy) is 2. The maximum absolute atomic E-state index is 13.1. The Morgan fingerprint density at radius 1 is 1.23 bits per heavy atom. The van der Waals surface area contributed by atoms with Crippen molar-refractivity contribution in [3.63, 3.8) is 0 Å². The molecule has 1 aromatic carbocycles. The Hall–Kier alpha value is -3.13. The smallest absolute Gasteiger partial charge is 0.268 e. The summed E-state index contributed by atoms with van der Waals surface area (Å²) in [5.74, 6) is 0.864. The van der Waals surface area contributed by atoms with E-state index in [9.17, 15) is 9.59 Å². The van der Waals surface area contributed by atoms with Crippen LogP contribution in [0.3, 0.4) is 0 Å². The van der Waals surface area contributed by atoms with Crippen LogP contribution in [0.25, 0.3) is 5.69 Å². The summed E-state index contributed by atoms with van der Waals surface area (Å²) in [5.41, 5.74) is 2.27. The third-order valence-electron chi connectivity index (χ3n) is 5.43. The molecule has 0 bridgehead atoms. The van der Waals surface area contributed by atoms with Crippen LogP contribution in [0.15, 0.2) is 35.3 Å². The fraction of sp³-hybridized carbons (Fsp3) is 0.318. The van der Waals surface area contributed by atoms with E-state index < -0.39 is 0 Å². The third-order valence-corrected chi connectivity index (χ3v) is 6.64.